The molecule has 0 aliphatic heterocycles. The molecule has 0 radical (unpaired) electrons. The maximum atomic E-state index is 12.2. The van der Waals surface area contributed by atoms with Gasteiger partial charge in [0.1, 0.15) is 0 Å². The van der Waals surface area contributed by atoms with Crippen molar-refractivity contribution in [2.45, 2.75) is 24.3 Å². The zero-order valence-electron chi connectivity index (χ0n) is 11.4. The minimum atomic E-state index is -3.62. The number of thiophene rings is 1. The average Bonchev–Trinajstić information content (AvgIpc) is 2.95. The van der Waals surface area contributed by atoms with E-state index < -0.39 is 16.1 Å². The van der Waals surface area contributed by atoms with Gasteiger partial charge >= 0.3 is 0 Å². The van der Waals surface area contributed by atoms with Crippen LogP contribution in [0.3, 0.4) is 0 Å². The Hall–Kier alpha value is -0.920. The zero-order valence-corrected chi connectivity index (χ0v) is 13.8. The van der Waals surface area contributed by atoms with Crippen molar-refractivity contribution in [2.75, 3.05) is 6.54 Å². The van der Waals surface area contributed by atoms with Crippen molar-refractivity contribution in [1.29, 1.82) is 0 Å². The Labute approximate surface area is 133 Å². The van der Waals surface area contributed by atoms with E-state index in [4.69, 9.17) is 11.6 Å². The number of nitrogens with one attached hydrogen (secondary N) is 1. The lowest BCUT2D eigenvalue weighted by atomic mass is 10.1. The van der Waals surface area contributed by atoms with Crippen molar-refractivity contribution in [1.82, 2.24) is 4.72 Å². The molecule has 114 valence electrons. The molecule has 7 heteroatoms. The van der Waals surface area contributed by atoms with Crippen molar-refractivity contribution < 1.29 is 13.5 Å². The van der Waals surface area contributed by atoms with Gasteiger partial charge in [-0.15, -0.1) is 0 Å². The second-order valence-corrected chi connectivity index (χ2v) is 7.62. The van der Waals surface area contributed by atoms with E-state index in [9.17, 15) is 13.5 Å². The number of hydrogen-bond acceptors (Lipinski definition) is 4. The molecule has 0 bridgehead atoms. The fraction of sp³-hybridized carbons (Fsp3) is 0.286. The first-order valence-electron chi connectivity index (χ1n) is 6.36. The third kappa shape index (κ3) is 4.28. The standard InChI is InChI=1S/C14H16ClNO3S2/c1-10-2-3-12(15)8-14(10)21(18,19)16-6-4-13(17)11-5-7-20-9-11/h2-3,5,7-9,13,16-17H,4,6H2,1H3. The molecule has 0 saturated carbocycles. The predicted octanol–water partition coefficient (Wildman–Crippen LogP) is 3.11. The predicted molar refractivity (Wildman–Crippen MR) is 85.3 cm³/mol. The van der Waals surface area contributed by atoms with Crippen LogP contribution in [0.2, 0.25) is 5.02 Å². The Balaban J connectivity index is 2.00. The molecule has 21 heavy (non-hydrogen) atoms. The summed E-state index contributed by atoms with van der Waals surface area (Å²) >= 11 is 7.34. The van der Waals surface area contributed by atoms with Crippen LogP contribution in [0, 0.1) is 6.92 Å². The molecule has 1 aromatic carbocycles. The van der Waals surface area contributed by atoms with Gasteiger partial charge in [-0.25, -0.2) is 13.1 Å². The summed E-state index contributed by atoms with van der Waals surface area (Å²) in [7, 11) is -3.62. The molecule has 0 aliphatic rings. The largest absolute Gasteiger partial charge is 0.388 e. The van der Waals surface area contributed by atoms with Gasteiger partial charge < -0.3 is 5.11 Å². The molecule has 0 spiro atoms. The van der Waals surface area contributed by atoms with Gasteiger partial charge in [0.05, 0.1) is 11.0 Å². The zero-order chi connectivity index (χ0) is 15.5. The molecule has 2 rings (SSSR count). The summed E-state index contributed by atoms with van der Waals surface area (Å²) in [4.78, 5) is 0.167. The first kappa shape index (κ1) is 16.5. The Bertz CT molecular complexity index is 699. The van der Waals surface area contributed by atoms with E-state index in [0.717, 1.165) is 5.56 Å². The van der Waals surface area contributed by atoms with E-state index in [1.165, 1.54) is 17.4 Å². The number of aliphatic hydroxyl groups is 1. The monoisotopic (exact) mass is 345 g/mol. The number of aryl methyl sites for hydroxylation is 1. The number of aliphatic hydroxyl groups excluding tert-OH is 1. The minimum absolute atomic E-state index is 0.158. The van der Waals surface area contributed by atoms with Gasteiger partial charge in [-0.2, -0.15) is 11.3 Å². The third-order valence-electron chi connectivity index (χ3n) is 3.08. The van der Waals surface area contributed by atoms with Crippen molar-refractivity contribution in [2.24, 2.45) is 0 Å². The molecule has 1 atom stereocenters. The maximum Gasteiger partial charge on any atom is 0.240 e. The van der Waals surface area contributed by atoms with Gasteiger partial charge in [0.15, 0.2) is 0 Å². The van der Waals surface area contributed by atoms with Crippen LogP contribution >= 0.6 is 22.9 Å². The summed E-state index contributed by atoms with van der Waals surface area (Å²) in [5.41, 5.74) is 1.43. The normalized spacial score (nSPS) is 13.3. The highest BCUT2D eigenvalue weighted by atomic mass is 35.5. The number of sulfonamides is 1. The van der Waals surface area contributed by atoms with Gasteiger partial charge in [-0.1, -0.05) is 17.7 Å². The lowest BCUT2D eigenvalue weighted by Gasteiger charge is -2.12. The van der Waals surface area contributed by atoms with E-state index in [0.29, 0.717) is 17.0 Å². The Morgan fingerprint density at radius 2 is 2.14 bits per heavy atom. The van der Waals surface area contributed by atoms with Crippen LogP contribution in [0.25, 0.3) is 0 Å². The van der Waals surface area contributed by atoms with E-state index in [2.05, 4.69) is 4.72 Å². The molecule has 1 heterocycles. The fourth-order valence-electron chi connectivity index (χ4n) is 1.90. The van der Waals surface area contributed by atoms with Crippen LogP contribution in [0.5, 0.6) is 0 Å². The van der Waals surface area contributed by atoms with Crippen LogP contribution in [-0.4, -0.2) is 20.1 Å². The molecule has 0 amide bonds. The molecule has 4 nitrogen and oxygen atoms in total. The summed E-state index contributed by atoms with van der Waals surface area (Å²) in [6.07, 6.45) is -0.352. The van der Waals surface area contributed by atoms with Crippen molar-refractivity contribution >= 4 is 33.0 Å². The summed E-state index contributed by atoms with van der Waals surface area (Å²) < 4.78 is 26.9. The number of hydrogen-bond donors (Lipinski definition) is 2. The Kier molecular flexibility index (Phi) is 5.40. The fourth-order valence-corrected chi connectivity index (χ4v) is 4.16. The Morgan fingerprint density at radius 3 is 2.81 bits per heavy atom. The number of halogens is 1. The highest BCUT2D eigenvalue weighted by molar-refractivity contribution is 7.89. The molecule has 0 aliphatic carbocycles. The first-order chi connectivity index (χ1) is 9.90. The molecular weight excluding hydrogens is 330 g/mol. The topological polar surface area (TPSA) is 66.4 Å². The summed E-state index contributed by atoms with van der Waals surface area (Å²) in [6, 6.07) is 6.56. The summed E-state index contributed by atoms with van der Waals surface area (Å²) in [5.74, 6) is 0. The van der Waals surface area contributed by atoms with Gasteiger partial charge in [-0.05, 0) is 53.4 Å². The molecule has 0 fully saturated rings. The quantitative estimate of drug-likeness (QED) is 0.845. The van der Waals surface area contributed by atoms with Gasteiger partial charge in [0.2, 0.25) is 10.0 Å². The second kappa shape index (κ2) is 6.89. The SMILES string of the molecule is Cc1ccc(Cl)cc1S(=O)(=O)NCCC(O)c1ccsc1. The van der Waals surface area contributed by atoms with E-state index in [-0.39, 0.29) is 11.4 Å². The molecule has 2 aromatic rings. The average molecular weight is 346 g/mol. The molecule has 2 N–H and O–H groups in total. The van der Waals surface area contributed by atoms with Crippen LogP contribution in [-0.2, 0) is 10.0 Å². The van der Waals surface area contributed by atoms with Crippen LogP contribution in [0.15, 0.2) is 39.9 Å². The number of rotatable bonds is 6. The highest BCUT2D eigenvalue weighted by Gasteiger charge is 2.17. The van der Waals surface area contributed by atoms with Gasteiger partial charge in [0.25, 0.3) is 0 Å². The third-order valence-corrected chi connectivity index (χ3v) is 5.62. The number of benzene rings is 1. The Morgan fingerprint density at radius 1 is 1.38 bits per heavy atom. The maximum absolute atomic E-state index is 12.2. The first-order valence-corrected chi connectivity index (χ1v) is 9.16. The lowest BCUT2D eigenvalue weighted by Crippen LogP contribution is -2.26. The van der Waals surface area contributed by atoms with Gasteiger partial charge in [-0.3, -0.25) is 0 Å². The van der Waals surface area contributed by atoms with Crippen molar-refractivity contribution in [3.05, 3.63) is 51.2 Å². The van der Waals surface area contributed by atoms with Gasteiger partial charge in [0, 0.05) is 11.6 Å². The lowest BCUT2D eigenvalue weighted by molar-refractivity contribution is 0.169. The van der Waals surface area contributed by atoms with Crippen LogP contribution < -0.4 is 4.72 Å². The summed E-state index contributed by atoms with van der Waals surface area (Å²) in [6.45, 7) is 1.87. The summed E-state index contributed by atoms with van der Waals surface area (Å²) in [5, 5.41) is 14.0. The molecule has 0 saturated heterocycles. The van der Waals surface area contributed by atoms with Crippen molar-refractivity contribution in [3.8, 4) is 0 Å². The van der Waals surface area contributed by atoms with E-state index in [1.54, 1.807) is 19.1 Å². The van der Waals surface area contributed by atoms with Crippen LogP contribution in [0.1, 0.15) is 23.7 Å². The van der Waals surface area contributed by atoms with Crippen LogP contribution in [0.4, 0.5) is 0 Å². The molecule has 1 unspecified atom stereocenters. The molecular formula is C14H16ClNO3S2. The smallest absolute Gasteiger partial charge is 0.240 e. The minimum Gasteiger partial charge on any atom is -0.388 e. The molecule has 1 aromatic heterocycles. The highest BCUT2D eigenvalue weighted by Crippen LogP contribution is 2.21. The van der Waals surface area contributed by atoms with Crippen molar-refractivity contribution in [3.63, 3.8) is 0 Å². The second-order valence-electron chi connectivity index (χ2n) is 4.67. The van der Waals surface area contributed by atoms with E-state index >= 15 is 0 Å². The van der Waals surface area contributed by atoms with E-state index in [1.807, 2.05) is 16.8 Å².